The molecule has 0 amide bonds. The van der Waals surface area contributed by atoms with Gasteiger partial charge in [-0.3, -0.25) is 4.99 Å². The largest absolute Gasteiger partial charge is 0.387 e. The van der Waals surface area contributed by atoms with Crippen molar-refractivity contribution in [3.05, 3.63) is 58.9 Å². The number of nitrogens with one attached hydrogen (secondary N) is 1. The SMILES string of the molecule is CN=C(NCC(O)c1cccc(Cl)c1)N(C)Cc1cccn1C.I. The molecule has 0 saturated carbocycles. The third kappa shape index (κ3) is 5.68. The molecule has 132 valence electrons. The Hall–Kier alpha value is -1.25. The highest BCUT2D eigenvalue weighted by molar-refractivity contribution is 14.0. The minimum absolute atomic E-state index is 0. The topological polar surface area (TPSA) is 52.8 Å². The van der Waals surface area contributed by atoms with Crippen LogP contribution in [0.2, 0.25) is 5.02 Å². The average Bonchev–Trinajstić information content (AvgIpc) is 2.92. The molecule has 1 unspecified atom stereocenters. The Morgan fingerprint density at radius 3 is 2.71 bits per heavy atom. The van der Waals surface area contributed by atoms with Crippen molar-refractivity contribution in [1.29, 1.82) is 0 Å². The van der Waals surface area contributed by atoms with E-state index in [9.17, 15) is 5.11 Å². The molecule has 5 nitrogen and oxygen atoms in total. The normalized spacial score (nSPS) is 12.5. The highest BCUT2D eigenvalue weighted by Gasteiger charge is 2.12. The summed E-state index contributed by atoms with van der Waals surface area (Å²) in [7, 11) is 5.71. The molecule has 0 bridgehead atoms. The van der Waals surface area contributed by atoms with Gasteiger partial charge in [0, 0.05) is 44.6 Å². The van der Waals surface area contributed by atoms with Crippen LogP contribution in [-0.2, 0) is 13.6 Å². The summed E-state index contributed by atoms with van der Waals surface area (Å²) < 4.78 is 2.07. The number of hydrogen-bond donors (Lipinski definition) is 2. The second-order valence-corrected chi connectivity index (χ2v) is 5.90. The number of aliphatic hydroxyl groups is 1. The Balaban J connectivity index is 0.00000288. The number of hydrogen-bond acceptors (Lipinski definition) is 2. The maximum Gasteiger partial charge on any atom is 0.193 e. The van der Waals surface area contributed by atoms with Crippen LogP contribution in [0.25, 0.3) is 0 Å². The summed E-state index contributed by atoms with van der Waals surface area (Å²) in [5.74, 6) is 0.729. The third-order valence-electron chi connectivity index (χ3n) is 3.71. The third-order valence-corrected chi connectivity index (χ3v) is 3.95. The van der Waals surface area contributed by atoms with E-state index in [1.165, 1.54) is 5.69 Å². The lowest BCUT2D eigenvalue weighted by molar-refractivity contribution is 0.179. The van der Waals surface area contributed by atoms with E-state index in [0.717, 1.165) is 18.1 Å². The van der Waals surface area contributed by atoms with Crippen molar-refractivity contribution in [3.63, 3.8) is 0 Å². The summed E-state index contributed by atoms with van der Waals surface area (Å²) in [6, 6.07) is 11.3. The first-order chi connectivity index (χ1) is 11.0. The number of nitrogens with zero attached hydrogens (tertiary/aromatic N) is 3. The van der Waals surface area contributed by atoms with Crippen molar-refractivity contribution in [3.8, 4) is 0 Å². The number of halogens is 2. The molecule has 1 atom stereocenters. The van der Waals surface area contributed by atoms with E-state index in [-0.39, 0.29) is 24.0 Å². The van der Waals surface area contributed by atoms with Crippen molar-refractivity contribution in [2.45, 2.75) is 12.6 Å². The smallest absolute Gasteiger partial charge is 0.193 e. The molecule has 1 aromatic carbocycles. The van der Waals surface area contributed by atoms with E-state index in [0.29, 0.717) is 11.6 Å². The number of aliphatic hydroxyl groups excluding tert-OH is 1. The minimum atomic E-state index is -0.645. The Labute approximate surface area is 165 Å². The lowest BCUT2D eigenvalue weighted by atomic mass is 10.1. The van der Waals surface area contributed by atoms with Gasteiger partial charge >= 0.3 is 0 Å². The molecule has 7 heteroatoms. The molecular weight excluding hydrogens is 439 g/mol. The van der Waals surface area contributed by atoms with Crippen LogP contribution in [0.4, 0.5) is 0 Å². The Morgan fingerprint density at radius 1 is 1.38 bits per heavy atom. The van der Waals surface area contributed by atoms with Gasteiger partial charge in [-0.25, -0.2) is 0 Å². The van der Waals surface area contributed by atoms with Gasteiger partial charge in [0.1, 0.15) is 0 Å². The molecule has 2 aromatic rings. The molecule has 24 heavy (non-hydrogen) atoms. The zero-order valence-corrected chi connectivity index (χ0v) is 17.2. The van der Waals surface area contributed by atoms with Gasteiger partial charge in [0.05, 0.1) is 12.6 Å². The highest BCUT2D eigenvalue weighted by Crippen LogP contribution is 2.17. The van der Waals surface area contributed by atoms with E-state index in [4.69, 9.17) is 11.6 Å². The lowest BCUT2D eigenvalue weighted by Crippen LogP contribution is -2.40. The second-order valence-electron chi connectivity index (χ2n) is 5.47. The van der Waals surface area contributed by atoms with Crippen LogP contribution >= 0.6 is 35.6 Å². The van der Waals surface area contributed by atoms with Gasteiger partial charge in [0.15, 0.2) is 5.96 Å². The molecule has 0 aliphatic carbocycles. The Kier molecular flexibility index (Phi) is 8.58. The van der Waals surface area contributed by atoms with Gasteiger partial charge in [-0.15, -0.1) is 24.0 Å². The molecular formula is C17H24ClIN4O. The monoisotopic (exact) mass is 462 g/mol. The van der Waals surface area contributed by atoms with Gasteiger partial charge in [-0.1, -0.05) is 23.7 Å². The van der Waals surface area contributed by atoms with Crippen LogP contribution in [0, 0.1) is 0 Å². The summed E-state index contributed by atoms with van der Waals surface area (Å²) in [6.45, 7) is 1.10. The molecule has 0 aliphatic rings. The van der Waals surface area contributed by atoms with Crippen LogP contribution in [0.1, 0.15) is 17.4 Å². The molecule has 2 rings (SSSR count). The number of aliphatic imine (C=N–C) groups is 1. The van der Waals surface area contributed by atoms with Gasteiger partial charge in [-0.05, 0) is 29.8 Å². The maximum atomic E-state index is 10.3. The number of rotatable bonds is 5. The molecule has 1 heterocycles. The zero-order valence-electron chi connectivity index (χ0n) is 14.1. The van der Waals surface area contributed by atoms with Gasteiger partial charge < -0.3 is 19.9 Å². The van der Waals surface area contributed by atoms with E-state index >= 15 is 0 Å². The van der Waals surface area contributed by atoms with Gasteiger partial charge in [0.2, 0.25) is 0 Å². The van der Waals surface area contributed by atoms with Crippen LogP contribution in [0.3, 0.4) is 0 Å². The number of benzene rings is 1. The molecule has 0 fully saturated rings. The fraction of sp³-hybridized carbons (Fsp3) is 0.353. The Morgan fingerprint density at radius 2 is 2.12 bits per heavy atom. The summed E-state index contributed by atoms with van der Waals surface area (Å²) in [5.41, 5.74) is 1.97. The molecule has 2 N–H and O–H groups in total. The summed E-state index contributed by atoms with van der Waals surface area (Å²) in [5, 5.41) is 14.1. The highest BCUT2D eigenvalue weighted by atomic mass is 127. The van der Waals surface area contributed by atoms with Crippen LogP contribution in [0.5, 0.6) is 0 Å². The fourth-order valence-electron chi connectivity index (χ4n) is 2.38. The average molecular weight is 463 g/mol. The molecule has 0 saturated heterocycles. The maximum absolute atomic E-state index is 10.3. The van der Waals surface area contributed by atoms with E-state index in [1.807, 2.05) is 43.4 Å². The summed E-state index contributed by atoms with van der Waals surface area (Å²) in [4.78, 5) is 6.28. The van der Waals surface area contributed by atoms with Crippen LogP contribution in [-0.4, -0.2) is 41.2 Å². The quantitative estimate of drug-likeness (QED) is 0.408. The standard InChI is InChI=1S/C17H23ClN4O.HI/c1-19-17(22(3)12-15-8-5-9-21(15)2)20-11-16(23)13-6-4-7-14(18)10-13;/h4-10,16,23H,11-12H2,1-3H3,(H,19,20);1H. The predicted octanol–water partition coefficient (Wildman–Crippen LogP) is 3.04. The van der Waals surface area contributed by atoms with E-state index in [1.54, 1.807) is 19.2 Å². The van der Waals surface area contributed by atoms with E-state index in [2.05, 4.69) is 20.9 Å². The number of aryl methyl sites for hydroxylation is 1. The second kappa shape index (κ2) is 9.90. The molecule has 0 radical (unpaired) electrons. The van der Waals surface area contributed by atoms with Crippen LogP contribution < -0.4 is 5.32 Å². The Bertz CT molecular complexity index is 674. The predicted molar refractivity (Wildman–Crippen MR) is 110 cm³/mol. The summed E-state index contributed by atoms with van der Waals surface area (Å²) in [6.07, 6.45) is 1.37. The zero-order chi connectivity index (χ0) is 16.8. The van der Waals surface area contributed by atoms with E-state index < -0.39 is 6.10 Å². The van der Waals surface area contributed by atoms with Crippen molar-refractivity contribution in [2.24, 2.45) is 12.0 Å². The van der Waals surface area contributed by atoms with Crippen molar-refractivity contribution in [2.75, 3.05) is 20.6 Å². The van der Waals surface area contributed by atoms with Gasteiger partial charge in [-0.2, -0.15) is 0 Å². The first-order valence-electron chi connectivity index (χ1n) is 7.46. The summed E-state index contributed by atoms with van der Waals surface area (Å²) >= 11 is 5.96. The minimum Gasteiger partial charge on any atom is -0.387 e. The first kappa shape index (κ1) is 20.8. The number of guanidine groups is 1. The van der Waals surface area contributed by atoms with Crippen molar-refractivity contribution >= 4 is 41.5 Å². The molecule has 0 spiro atoms. The van der Waals surface area contributed by atoms with Crippen molar-refractivity contribution in [1.82, 2.24) is 14.8 Å². The first-order valence-corrected chi connectivity index (χ1v) is 7.84. The number of aromatic nitrogens is 1. The molecule has 1 aromatic heterocycles. The lowest BCUT2D eigenvalue weighted by Gasteiger charge is -2.23. The fourth-order valence-corrected chi connectivity index (χ4v) is 2.58. The van der Waals surface area contributed by atoms with Gasteiger partial charge in [0.25, 0.3) is 0 Å². The van der Waals surface area contributed by atoms with Crippen LogP contribution in [0.15, 0.2) is 47.6 Å². The van der Waals surface area contributed by atoms with Crippen molar-refractivity contribution < 1.29 is 5.11 Å². The molecule has 0 aliphatic heterocycles.